The maximum atomic E-state index is 12.2. The highest BCUT2D eigenvalue weighted by Gasteiger charge is 2.06. The summed E-state index contributed by atoms with van der Waals surface area (Å²) < 4.78 is 0. The van der Waals surface area contributed by atoms with E-state index in [-0.39, 0.29) is 5.91 Å². The lowest BCUT2D eigenvalue weighted by atomic mass is 10.2. The molecule has 1 aromatic carbocycles. The number of thiazole rings is 1. The third kappa shape index (κ3) is 5.73. The predicted octanol–water partition coefficient (Wildman–Crippen LogP) is 5.41. The van der Waals surface area contributed by atoms with Crippen molar-refractivity contribution in [1.29, 1.82) is 0 Å². The van der Waals surface area contributed by atoms with Gasteiger partial charge in [0.1, 0.15) is 0 Å². The molecule has 3 aromatic rings. The molecule has 2 N–H and O–H groups in total. The molecule has 29 heavy (non-hydrogen) atoms. The van der Waals surface area contributed by atoms with Crippen molar-refractivity contribution in [3.8, 4) is 11.3 Å². The quantitative estimate of drug-likeness (QED) is 0.519. The van der Waals surface area contributed by atoms with Gasteiger partial charge in [-0.05, 0) is 49.8 Å². The normalized spacial score (nSPS) is 11.8. The summed E-state index contributed by atoms with van der Waals surface area (Å²) in [7, 11) is 0. The largest absolute Gasteiger partial charge is 0.335 e. The van der Waals surface area contributed by atoms with Gasteiger partial charge in [-0.2, -0.15) is 0 Å². The minimum atomic E-state index is -0.178. The van der Waals surface area contributed by atoms with Crippen LogP contribution < -0.4 is 10.6 Å². The Morgan fingerprint density at radius 2 is 1.90 bits per heavy atom. The zero-order valence-corrected chi connectivity index (χ0v) is 17.2. The summed E-state index contributed by atoms with van der Waals surface area (Å²) in [6, 6.07) is 12.9. The van der Waals surface area contributed by atoms with Crippen LogP contribution in [-0.2, 0) is 0 Å². The molecule has 0 unspecified atom stereocenters. The van der Waals surface area contributed by atoms with Gasteiger partial charge in [0.25, 0.3) is 5.91 Å². The van der Waals surface area contributed by atoms with Gasteiger partial charge in [0, 0.05) is 40.3 Å². The van der Waals surface area contributed by atoms with E-state index in [1.54, 1.807) is 30.6 Å². The molecule has 0 saturated carbocycles. The summed E-state index contributed by atoms with van der Waals surface area (Å²) in [5, 5.41) is 8.91. The summed E-state index contributed by atoms with van der Waals surface area (Å²) in [5.74, 6) is -0.178. The molecular weight excluding hydrogens is 380 g/mol. The minimum Gasteiger partial charge on any atom is -0.335 e. The fourth-order valence-electron chi connectivity index (χ4n) is 2.44. The number of nitrogens with one attached hydrogen (secondary N) is 2. The number of carbonyl (C=O) groups excluding carboxylic acids is 1. The highest BCUT2D eigenvalue weighted by molar-refractivity contribution is 7.14. The third-order valence-corrected chi connectivity index (χ3v) is 4.95. The Bertz CT molecular complexity index is 1050. The maximum absolute atomic E-state index is 12.2. The number of carbonyl (C=O) groups is 1. The van der Waals surface area contributed by atoms with Gasteiger partial charge in [0.15, 0.2) is 5.13 Å². The van der Waals surface area contributed by atoms with Crippen LogP contribution in [0.3, 0.4) is 0 Å². The molecule has 0 atom stereocenters. The second-order valence-electron chi connectivity index (χ2n) is 6.39. The van der Waals surface area contributed by atoms with Crippen molar-refractivity contribution in [2.75, 3.05) is 5.32 Å². The highest BCUT2D eigenvalue weighted by Crippen LogP contribution is 2.25. The van der Waals surface area contributed by atoms with E-state index in [1.807, 2.05) is 55.6 Å². The molecule has 146 valence electrons. The summed E-state index contributed by atoms with van der Waals surface area (Å²) in [4.78, 5) is 20.9. The molecular formula is C23H22N4OS. The lowest BCUT2D eigenvalue weighted by molar-refractivity contribution is 0.0967. The van der Waals surface area contributed by atoms with E-state index in [2.05, 4.69) is 27.2 Å². The van der Waals surface area contributed by atoms with Gasteiger partial charge in [0.05, 0.1) is 5.69 Å². The topological polar surface area (TPSA) is 66.9 Å². The molecule has 0 aliphatic carbocycles. The number of hydrogen-bond donors (Lipinski definition) is 2. The lowest BCUT2D eigenvalue weighted by Crippen LogP contribution is -2.21. The maximum Gasteiger partial charge on any atom is 0.255 e. The Balaban J connectivity index is 1.60. The van der Waals surface area contributed by atoms with Crippen molar-refractivity contribution in [2.24, 2.45) is 0 Å². The molecule has 0 radical (unpaired) electrons. The van der Waals surface area contributed by atoms with E-state index in [9.17, 15) is 4.79 Å². The second-order valence-corrected chi connectivity index (χ2v) is 7.25. The van der Waals surface area contributed by atoms with E-state index >= 15 is 0 Å². The number of benzene rings is 1. The first kappa shape index (κ1) is 20.2. The Morgan fingerprint density at radius 1 is 1.10 bits per heavy atom. The Labute approximate surface area is 174 Å². The number of amides is 1. The molecule has 0 fully saturated rings. The first-order valence-electron chi connectivity index (χ1n) is 9.07. The van der Waals surface area contributed by atoms with E-state index in [4.69, 9.17) is 0 Å². The highest BCUT2D eigenvalue weighted by atomic mass is 32.1. The van der Waals surface area contributed by atoms with Gasteiger partial charge >= 0.3 is 0 Å². The van der Waals surface area contributed by atoms with E-state index in [1.165, 1.54) is 11.3 Å². The van der Waals surface area contributed by atoms with E-state index in [0.717, 1.165) is 27.7 Å². The van der Waals surface area contributed by atoms with Crippen molar-refractivity contribution in [1.82, 2.24) is 15.3 Å². The summed E-state index contributed by atoms with van der Waals surface area (Å²) in [5.41, 5.74) is 4.98. The Kier molecular flexibility index (Phi) is 6.71. The Hall–Kier alpha value is -3.51. The molecule has 5 nitrogen and oxygen atoms in total. The summed E-state index contributed by atoms with van der Waals surface area (Å²) >= 11 is 1.54. The lowest BCUT2D eigenvalue weighted by Gasteiger charge is -2.07. The zero-order chi connectivity index (χ0) is 20.6. The van der Waals surface area contributed by atoms with Crippen LogP contribution in [0.5, 0.6) is 0 Å². The number of allylic oxidation sites excluding steroid dienone is 4. The van der Waals surface area contributed by atoms with Crippen molar-refractivity contribution >= 4 is 22.4 Å². The van der Waals surface area contributed by atoms with Crippen LogP contribution in [0, 0.1) is 0 Å². The molecule has 2 heterocycles. The SMILES string of the molecule is C=C(/C=C\C(C)=C(/C)Nc1nc(-c2cccnc2)cs1)NC(=O)c1ccccc1. The van der Waals surface area contributed by atoms with Gasteiger partial charge in [-0.25, -0.2) is 4.98 Å². The van der Waals surface area contributed by atoms with Crippen molar-refractivity contribution in [3.63, 3.8) is 0 Å². The number of rotatable bonds is 7. The first-order valence-corrected chi connectivity index (χ1v) is 9.94. The standard InChI is InChI=1S/C23H22N4OS/c1-16(11-12-17(2)25-22(28)19-8-5-4-6-9-19)18(3)26-23-27-21(15-29-23)20-10-7-13-24-14-20/h4-15H,2H2,1,3H3,(H,25,28)(H,26,27)/b12-11-,18-16+. The smallest absolute Gasteiger partial charge is 0.255 e. The van der Waals surface area contributed by atoms with Crippen LogP contribution in [0.4, 0.5) is 5.13 Å². The van der Waals surface area contributed by atoms with Crippen LogP contribution >= 0.6 is 11.3 Å². The molecule has 0 bridgehead atoms. The Morgan fingerprint density at radius 3 is 2.62 bits per heavy atom. The van der Waals surface area contributed by atoms with Crippen LogP contribution in [0.1, 0.15) is 24.2 Å². The van der Waals surface area contributed by atoms with Crippen molar-refractivity contribution in [2.45, 2.75) is 13.8 Å². The average Bonchev–Trinajstić information content (AvgIpc) is 3.21. The zero-order valence-electron chi connectivity index (χ0n) is 16.3. The second kappa shape index (κ2) is 9.61. The molecule has 0 saturated heterocycles. The van der Waals surface area contributed by atoms with Crippen molar-refractivity contribution < 1.29 is 4.79 Å². The van der Waals surface area contributed by atoms with Gasteiger partial charge < -0.3 is 10.6 Å². The molecule has 1 amide bonds. The van der Waals surface area contributed by atoms with Gasteiger partial charge in [0.2, 0.25) is 0 Å². The van der Waals surface area contributed by atoms with Crippen molar-refractivity contribution in [3.05, 3.63) is 101 Å². The number of hydrogen-bond acceptors (Lipinski definition) is 5. The number of anilines is 1. The molecule has 2 aromatic heterocycles. The predicted molar refractivity (Wildman–Crippen MR) is 120 cm³/mol. The van der Waals surface area contributed by atoms with Gasteiger partial charge in [-0.15, -0.1) is 11.3 Å². The summed E-state index contributed by atoms with van der Waals surface area (Å²) in [6.07, 6.45) is 7.23. The van der Waals surface area contributed by atoms with Crippen LogP contribution in [0.15, 0.2) is 95.9 Å². The van der Waals surface area contributed by atoms with E-state index in [0.29, 0.717) is 11.3 Å². The van der Waals surface area contributed by atoms with Crippen LogP contribution in [0.25, 0.3) is 11.3 Å². The monoisotopic (exact) mass is 402 g/mol. The van der Waals surface area contributed by atoms with E-state index < -0.39 is 0 Å². The van der Waals surface area contributed by atoms with Crippen LogP contribution in [0.2, 0.25) is 0 Å². The number of aromatic nitrogens is 2. The fraction of sp³-hybridized carbons (Fsp3) is 0.0870. The van der Waals surface area contributed by atoms with Gasteiger partial charge in [-0.1, -0.05) is 30.9 Å². The first-order chi connectivity index (χ1) is 14.0. The molecule has 6 heteroatoms. The fourth-order valence-corrected chi connectivity index (χ4v) is 3.21. The third-order valence-electron chi connectivity index (χ3n) is 4.19. The molecule has 3 rings (SSSR count). The average molecular weight is 403 g/mol. The number of pyridine rings is 1. The number of nitrogens with zero attached hydrogens (tertiary/aromatic N) is 2. The van der Waals surface area contributed by atoms with Gasteiger partial charge in [-0.3, -0.25) is 9.78 Å². The summed E-state index contributed by atoms with van der Waals surface area (Å²) in [6.45, 7) is 7.86. The molecule has 0 aliphatic rings. The molecule has 0 spiro atoms. The molecule has 0 aliphatic heterocycles. The minimum absolute atomic E-state index is 0.178. The van der Waals surface area contributed by atoms with Crippen LogP contribution in [-0.4, -0.2) is 15.9 Å².